The molecule has 0 unspecified atom stereocenters. The fourth-order valence-electron chi connectivity index (χ4n) is 2.68. The number of rotatable bonds is 6. The van der Waals surface area contributed by atoms with Crippen LogP contribution in [-0.4, -0.2) is 72.1 Å². The fourth-order valence-corrected chi connectivity index (χ4v) is 3.17. The molecule has 2 aromatic heterocycles. The van der Waals surface area contributed by atoms with E-state index in [9.17, 15) is 15.0 Å². The minimum atomic E-state index is -1.40. The van der Waals surface area contributed by atoms with Crippen molar-refractivity contribution in [3.63, 3.8) is 0 Å². The lowest BCUT2D eigenvalue weighted by Gasteiger charge is -2.19. The Morgan fingerprint density at radius 3 is 2.96 bits per heavy atom. The molecule has 0 bridgehead atoms. The van der Waals surface area contributed by atoms with Gasteiger partial charge in [0.1, 0.15) is 24.6 Å². The maximum Gasteiger partial charge on any atom is 0.330 e. The number of aliphatic hydroxyl groups is 2. The van der Waals surface area contributed by atoms with E-state index < -0.39 is 36.6 Å². The Bertz CT molecular complexity index is 854. The van der Waals surface area contributed by atoms with Crippen LogP contribution in [0, 0.1) is 0 Å². The third kappa shape index (κ3) is 3.71. The summed E-state index contributed by atoms with van der Waals surface area (Å²) >= 11 is 1.54. The van der Waals surface area contributed by atoms with Gasteiger partial charge in [-0.15, -0.1) is 0 Å². The molecule has 1 saturated heterocycles. The summed E-state index contributed by atoms with van der Waals surface area (Å²) < 4.78 is 19.6. The van der Waals surface area contributed by atoms with Crippen LogP contribution in [0.5, 0.6) is 6.01 Å². The summed E-state index contributed by atoms with van der Waals surface area (Å²) in [4.78, 5) is 24.4. The van der Waals surface area contributed by atoms with Gasteiger partial charge >= 0.3 is 12.0 Å². The number of anilines is 1. The average molecular weight is 400 g/mol. The van der Waals surface area contributed by atoms with Gasteiger partial charge in [0.15, 0.2) is 23.2 Å². The largest absolute Gasteiger partial charge is 0.391 e. The van der Waals surface area contributed by atoms with Crippen molar-refractivity contribution in [3.8, 4) is 6.01 Å². The van der Waals surface area contributed by atoms with Gasteiger partial charge in [-0.3, -0.25) is 0 Å². The summed E-state index contributed by atoms with van der Waals surface area (Å²) in [6.45, 7) is -0.271. The first-order valence-corrected chi connectivity index (χ1v) is 9.53. The Kier molecular flexibility index (Phi) is 5.41. The molecule has 11 nitrogen and oxygen atoms in total. The maximum absolute atomic E-state index is 12.4. The molecule has 27 heavy (non-hydrogen) atoms. The molecule has 0 radical (unpaired) electrons. The minimum absolute atomic E-state index is 0.0396. The van der Waals surface area contributed by atoms with Gasteiger partial charge in [0, 0.05) is 1.37 Å². The first kappa shape index (κ1) is 18.4. The lowest BCUT2D eigenvalue weighted by molar-refractivity contribution is -0.137. The quantitative estimate of drug-likeness (QED) is 0.440. The van der Waals surface area contributed by atoms with Crippen molar-refractivity contribution < 1.29 is 25.9 Å². The third-order valence-corrected chi connectivity index (χ3v) is 4.84. The topological polar surface area (TPSA) is 172 Å². The van der Waals surface area contributed by atoms with Crippen molar-refractivity contribution >= 4 is 34.7 Å². The van der Waals surface area contributed by atoms with E-state index in [1.54, 1.807) is 11.8 Å². The zero-order valence-electron chi connectivity index (χ0n) is 15.6. The van der Waals surface area contributed by atoms with Crippen molar-refractivity contribution in [2.24, 2.45) is 5.73 Å². The van der Waals surface area contributed by atoms with Crippen molar-refractivity contribution in [1.82, 2.24) is 19.5 Å². The van der Waals surface area contributed by atoms with Crippen molar-refractivity contribution in [2.45, 2.75) is 43.9 Å². The van der Waals surface area contributed by atoms with Gasteiger partial charge in [-0.1, -0.05) is 0 Å². The number of imidazole rings is 1. The fraction of sp³-hybridized carbons (Fsp3) is 0.600. The van der Waals surface area contributed by atoms with Crippen LogP contribution in [-0.2, 0) is 9.53 Å². The zero-order valence-corrected chi connectivity index (χ0v) is 15.4. The van der Waals surface area contributed by atoms with Crippen LogP contribution in [0.1, 0.15) is 20.9 Å². The highest BCUT2D eigenvalue weighted by Crippen LogP contribution is 2.35. The first-order chi connectivity index (χ1) is 13.4. The van der Waals surface area contributed by atoms with Gasteiger partial charge in [0.25, 0.3) is 0 Å². The second-order valence-corrected chi connectivity index (χ2v) is 7.04. The zero-order chi connectivity index (χ0) is 20.4. The molecule has 2 aromatic rings. The molecule has 0 amide bonds. The van der Waals surface area contributed by atoms with Crippen LogP contribution in [0.25, 0.3) is 11.2 Å². The van der Waals surface area contributed by atoms with Gasteiger partial charge < -0.3 is 31.2 Å². The molecular formula is C15H22N6O5S. The SMILES string of the molecule is [3H]C[C@H]1O[C@@H](n2c(OC(=O)[C@@H](N)CCSC)nc3c(N)ncnc32)[C@H](O)[C@@H]1O. The minimum Gasteiger partial charge on any atom is -0.391 e. The molecule has 1 aliphatic rings. The Hall–Kier alpha value is -1.99. The highest BCUT2D eigenvalue weighted by atomic mass is 32.2. The number of ether oxygens (including phenoxy) is 2. The van der Waals surface area contributed by atoms with Crippen LogP contribution >= 0.6 is 11.8 Å². The summed E-state index contributed by atoms with van der Waals surface area (Å²) in [5.74, 6) is -0.00700. The molecule has 6 N–H and O–H groups in total. The van der Waals surface area contributed by atoms with E-state index in [0.29, 0.717) is 12.2 Å². The monoisotopic (exact) mass is 400 g/mol. The molecule has 0 spiro atoms. The molecule has 3 heterocycles. The van der Waals surface area contributed by atoms with Gasteiger partial charge in [-0.05, 0) is 25.3 Å². The van der Waals surface area contributed by atoms with Crippen LogP contribution in [0.4, 0.5) is 5.82 Å². The van der Waals surface area contributed by atoms with E-state index in [1.165, 1.54) is 10.9 Å². The number of nitrogen functional groups attached to an aromatic ring is 1. The van der Waals surface area contributed by atoms with Crippen molar-refractivity contribution in [2.75, 3.05) is 17.7 Å². The molecule has 0 aliphatic carbocycles. The second kappa shape index (κ2) is 7.94. The Balaban J connectivity index is 2.00. The molecule has 0 saturated carbocycles. The van der Waals surface area contributed by atoms with E-state index in [1.807, 2.05) is 6.26 Å². The maximum atomic E-state index is 12.4. The number of nitrogens with two attached hydrogens (primary N) is 2. The number of hydrogen-bond donors (Lipinski definition) is 4. The van der Waals surface area contributed by atoms with E-state index >= 15 is 0 Å². The molecule has 148 valence electrons. The van der Waals surface area contributed by atoms with Crippen LogP contribution in [0.2, 0.25) is 0 Å². The van der Waals surface area contributed by atoms with Crippen LogP contribution in [0.3, 0.4) is 0 Å². The third-order valence-electron chi connectivity index (χ3n) is 4.19. The number of carbonyl (C=O) groups is 1. The number of carbonyl (C=O) groups excluding carboxylic acids is 1. The molecule has 0 aromatic carbocycles. The predicted molar refractivity (Wildman–Crippen MR) is 97.9 cm³/mol. The number of fused-ring (bicyclic) bond motifs is 1. The summed E-state index contributed by atoms with van der Waals surface area (Å²) in [7, 11) is 0. The smallest absolute Gasteiger partial charge is 0.330 e. The highest BCUT2D eigenvalue weighted by molar-refractivity contribution is 7.98. The molecular weight excluding hydrogens is 376 g/mol. The highest BCUT2D eigenvalue weighted by Gasteiger charge is 2.44. The summed E-state index contributed by atoms with van der Waals surface area (Å²) in [5, 5.41) is 20.5. The lowest BCUT2D eigenvalue weighted by Crippen LogP contribution is -2.36. The standard InChI is InChI=1S/C15H22N6O5S/c1-6-9(22)10(23)13(25-6)21-12-8(11(17)18-5-19-12)20-15(21)26-14(24)7(16)3-4-27-2/h5-7,9-10,13,22-23H,3-4,16H2,1-2H3,(H2,17,18,19)/t6-,7+,9-,10-,13-/m1/s1/i1T. The van der Waals surface area contributed by atoms with Crippen molar-refractivity contribution in [1.29, 1.82) is 0 Å². The number of esters is 1. The molecule has 1 aliphatic heterocycles. The number of aliphatic hydroxyl groups excluding tert-OH is 2. The van der Waals surface area contributed by atoms with Gasteiger partial charge in [0.2, 0.25) is 0 Å². The number of aromatic nitrogens is 4. The van der Waals surface area contributed by atoms with E-state index in [2.05, 4.69) is 15.0 Å². The summed E-state index contributed by atoms with van der Waals surface area (Å²) in [5.41, 5.74) is 12.0. The Morgan fingerprint density at radius 2 is 2.30 bits per heavy atom. The molecule has 5 atom stereocenters. The number of thioether (sulfide) groups is 1. The van der Waals surface area contributed by atoms with E-state index in [0.717, 1.165) is 0 Å². The Labute approximate surface area is 160 Å². The van der Waals surface area contributed by atoms with Gasteiger partial charge in [0.05, 0.1) is 6.10 Å². The lowest BCUT2D eigenvalue weighted by atomic mass is 10.1. The van der Waals surface area contributed by atoms with Gasteiger partial charge in [-0.2, -0.15) is 16.7 Å². The second-order valence-electron chi connectivity index (χ2n) is 6.05. The predicted octanol–water partition coefficient (Wildman–Crippen LogP) is -0.967. The van der Waals surface area contributed by atoms with E-state index in [-0.39, 0.29) is 29.9 Å². The van der Waals surface area contributed by atoms with Crippen molar-refractivity contribution in [3.05, 3.63) is 6.33 Å². The summed E-state index contributed by atoms with van der Waals surface area (Å²) in [6.07, 6.45) is -1.32. The van der Waals surface area contributed by atoms with Crippen LogP contribution < -0.4 is 16.2 Å². The number of nitrogens with zero attached hydrogens (tertiary/aromatic N) is 4. The molecule has 1 fully saturated rings. The molecule has 3 rings (SSSR count). The van der Waals surface area contributed by atoms with Crippen LogP contribution in [0.15, 0.2) is 6.33 Å². The number of hydrogen-bond acceptors (Lipinski definition) is 11. The van der Waals surface area contributed by atoms with Gasteiger partial charge in [-0.25, -0.2) is 19.3 Å². The summed E-state index contributed by atoms with van der Waals surface area (Å²) in [6, 6.07) is -1.11. The van der Waals surface area contributed by atoms with E-state index in [4.69, 9.17) is 22.3 Å². The average Bonchev–Trinajstić information content (AvgIpc) is 3.18. The molecule has 12 heteroatoms. The first-order valence-electron chi connectivity index (χ1n) is 8.85. The Morgan fingerprint density at radius 1 is 1.52 bits per heavy atom. The normalized spacial score (nSPS) is 26.9.